The molecule has 1 fully saturated rings. The van der Waals surface area contributed by atoms with Gasteiger partial charge in [-0.25, -0.2) is 19.7 Å². The van der Waals surface area contributed by atoms with Crippen molar-refractivity contribution in [3.05, 3.63) is 24.3 Å². The SMILES string of the molecule is Cc1ncc(-c2ccnc(N[C@H]3CCCN(C(=O)O)C3C(C)(C)C)n2)n1C(C)C. The van der Waals surface area contributed by atoms with Gasteiger partial charge in [0.05, 0.1) is 29.7 Å². The van der Waals surface area contributed by atoms with Crippen LogP contribution in [0.1, 0.15) is 59.3 Å². The Morgan fingerprint density at radius 1 is 1.31 bits per heavy atom. The van der Waals surface area contributed by atoms with E-state index < -0.39 is 6.09 Å². The molecule has 1 aliphatic heterocycles. The summed E-state index contributed by atoms with van der Waals surface area (Å²) in [6, 6.07) is 1.94. The van der Waals surface area contributed by atoms with Gasteiger partial charge in [0.25, 0.3) is 0 Å². The molecule has 0 aliphatic carbocycles. The van der Waals surface area contributed by atoms with Crippen LogP contribution in [-0.4, -0.2) is 54.2 Å². The minimum Gasteiger partial charge on any atom is -0.465 e. The summed E-state index contributed by atoms with van der Waals surface area (Å²) < 4.78 is 2.15. The molecule has 0 saturated carbocycles. The first-order chi connectivity index (χ1) is 13.6. The minimum absolute atomic E-state index is 0.0492. The first kappa shape index (κ1) is 21.1. The number of amides is 1. The third-order valence-corrected chi connectivity index (χ3v) is 5.49. The molecular weight excluding hydrogens is 368 g/mol. The second-order valence-electron chi connectivity index (χ2n) is 9.10. The summed E-state index contributed by atoms with van der Waals surface area (Å²) in [5.41, 5.74) is 1.54. The molecule has 3 heterocycles. The van der Waals surface area contributed by atoms with Gasteiger partial charge < -0.3 is 19.9 Å². The maximum absolute atomic E-state index is 11.8. The van der Waals surface area contributed by atoms with E-state index in [4.69, 9.17) is 4.98 Å². The number of carboxylic acid groups (broad SMARTS) is 1. The number of hydrogen-bond acceptors (Lipinski definition) is 5. The van der Waals surface area contributed by atoms with Crippen molar-refractivity contribution in [2.45, 2.75) is 72.5 Å². The van der Waals surface area contributed by atoms with E-state index in [1.54, 1.807) is 11.1 Å². The number of aromatic nitrogens is 4. The number of piperidine rings is 1. The smallest absolute Gasteiger partial charge is 0.407 e. The summed E-state index contributed by atoms with van der Waals surface area (Å²) in [4.78, 5) is 27.0. The van der Waals surface area contributed by atoms with E-state index in [0.29, 0.717) is 12.5 Å². The number of carbonyl (C=O) groups is 1. The zero-order chi connectivity index (χ0) is 21.3. The average molecular weight is 401 g/mol. The lowest BCUT2D eigenvalue weighted by molar-refractivity contribution is 0.0517. The maximum Gasteiger partial charge on any atom is 0.407 e. The van der Waals surface area contributed by atoms with Gasteiger partial charge in [0, 0.05) is 18.8 Å². The molecule has 0 aromatic carbocycles. The van der Waals surface area contributed by atoms with Crippen LogP contribution in [-0.2, 0) is 0 Å². The van der Waals surface area contributed by atoms with E-state index in [1.165, 1.54) is 0 Å². The highest BCUT2D eigenvalue weighted by Gasteiger charge is 2.42. The van der Waals surface area contributed by atoms with Gasteiger partial charge in [0.1, 0.15) is 5.82 Å². The van der Waals surface area contributed by atoms with Gasteiger partial charge in [-0.05, 0) is 45.1 Å². The van der Waals surface area contributed by atoms with Crippen molar-refractivity contribution >= 4 is 12.0 Å². The molecule has 2 aromatic rings. The predicted molar refractivity (Wildman–Crippen MR) is 113 cm³/mol. The third-order valence-electron chi connectivity index (χ3n) is 5.49. The topological polar surface area (TPSA) is 96.2 Å². The van der Waals surface area contributed by atoms with Crippen molar-refractivity contribution in [2.24, 2.45) is 5.41 Å². The molecule has 1 saturated heterocycles. The van der Waals surface area contributed by atoms with Crippen LogP contribution >= 0.6 is 0 Å². The summed E-state index contributed by atoms with van der Waals surface area (Å²) in [6.45, 7) is 13.0. The van der Waals surface area contributed by atoms with Gasteiger partial charge in [-0.2, -0.15) is 0 Å². The van der Waals surface area contributed by atoms with Crippen LogP contribution in [0.5, 0.6) is 0 Å². The van der Waals surface area contributed by atoms with Crippen LogP contribution in [0.2, 0.25) is 0 Å². The van der Waals surface area contributed by atoms with Gasteiger partial charge in [-0.15, -0.1) is 0 Å². The van der Waals surface area contributed by atoms with Gasteiger partial charge in [-0.3, -0.25) is 0 Å². The maximum atomic E-state index is 11.8. The minimum atomic E-state index is -0.873. The van der Waals surface area contributed by atoms with E-state index in [-0.39, 0.29) is 23.5 Å². The normalized spacial score (nSPS) is 20.2. The first-order valence-electron chi connectivity index (χ1n) is 10.2. The number of nitrogens with one attached hydrogen (secondary N) is 1. The zero-order valence-corrected chi connectivity index (χ0v) is 18.2. The highest BCUT2D eigenvalue weighted by atomic mass is 16.4. The molecule has 0 bridgehead atoms. The molecule has 3 rings (SSSR count). The van der Waals surface area contributed by atoms with Crippen molar-refractivity contribution in [2.75, 3.05) is 11.9 Å². The molecule has 2 aromatic heterocycles. The van der Waals surface area contributed by atoms with E-state index >= 15 is 0 Å². The molecule has 1 unspecified atom stereocenters. The summed E-state index contributed by atoms with van der Waals surface area (Å²) in [5.74, 6) is 1.46. The molecule has 8 heteroatoms. The Hall–Kier alpha value is -2.64. The third kappa shape index (κ3) is 4.36. The number of rotatable bonds is 4. The molecule has 1 amide bonds. The van der Waals surface area contributed by atoms with Crippen LogP contribution in [0.15, 0.2) is 18.5 Å². The monoisotopic (exact) mass is 400 g/mol. The van der Waals surface area contributed by atoms with E-state index in [0.717, 1.165) is 30.1 Å². The second kappa shape index (κ2) is 8.00. The number of nitrogens with zero attached hydrogens (tertiary/aromatic N) is 5. The highest BCUT2D eigenvalue weighted by Crippen LogP contribution is 2.34. The van der Waals surface area contributed by atoms with Crippen molar-refractivity contribution in [1.29, 1.82) is 0 Å². The first-order valence-corrected chi connectivity index (χ1v) is 10.2. The molecule has 8 nitrogen and oxygen atoms in total. The standard InChI is InChI=1S/C21H32N6O2/c1-13(2)27-14(3)23-12-17(27)15-9-10-22-19(24-15)25-16-8-7-11-26(20(28)29)18(16)21(4,5)6/h9-10,12-13,16,18H,7-8,11H2,1-6H3,(H,28,29)(H,22,24,25)/t16-,18?/m0/s1. The van der Waals surface area contributed by atoms with Crippen molar-refractivity contribution < 1.29 is 9.90 Å². The molecule has 0 radical (unpaired) electrons. The zero-order valence-electron chi connectivity index (χ0n) is 18.2. The molecular formula is C21H32N6O2. The molecule has 2 N–H and O–H groups in total. The Labute approximate surface area is 172 Å². The lowest BCUT2D eigenvalue weighted by Crippen LogP contribution is -2.58. The van der Waals surface area contributed by atoms with Crippen molar-refractivity contribution in [3.8, 4) is 11.4 Å². The van der Waals surface area contributed by atoms with Crippen molar-refractivity contribution in [3.63, 3.8) is 0 Å². The van der Waals surface area contributed by atoms with Gasteiger partial charge in [-0.1, -0.05) is 20.8 Å². The lowest BCUT2D eigenvalue weighted by atomic mass is 9.77. The molecule has 1 aliphatic rings. The summed E-state index contributed by atoms with van der Waals surface area (Å²) in [6.07, 6.45) is 4.40. The fourth-order valence-electron chi connectivity index (χ4n) is 4.46. The Balaban J connectivity index is 1.91. The summed E-state index contributed by atoms with van der Waals surface area (Å²) >= 11 is 0. The number of likely N-dealkylation sites (tertiary alicyclic amines) is 1. The average Bonchev–Trinajstić information content (AvgIpc) is 3.02. The molecule has 158 valence electrons. The van der Waals surface area contributed by atoms with E-state index in [2.05, 4.69) is 54.5 Å². The number of hydrogen-bond donors (Lipinski definition) is 2. The quantitative estimate of drug-likeness (QED) is 0.798. The van der Waals surface area contributed by atoms with Crippen LogP contribution in [0, 0.1) is 12.3 Å². The van der Waals surface area contributed by atoms with Gasteiger partial charge in [0.15, 0.2) is 0 Å². The van der Waals surface area contributed by atoms with Crippen LogP contribution in [0.3, 0.4) is 0 Å². The second-order valence-corrected chi connectivity index (χ2v) is 9.10. The van der Waals surface area contributed by atoms with Gasteiger partial charge >= 0.3 is 6.09 Å². The van der Waals surface area contributed by atoms with Crippen LogP contribution in [0.25, 0.3) is 11.4 Å². The number of aryl methyl sites for hydroxylation is 1. The van der Waals surface area contributed by atoms with E-state index in [9.17, 15) is 9.90 Å². The Morgan fingerprint density at radius 3 is 2.66 bits per heavy atom. The summed E-state index contributed by atoms with van der Waals surface area (Å²) in [5, 5.41) is 13.1. The Bertz CT molecular complexity index is 870. The lowest BCUT2D eigenvalue weighted by Gasteiger charge is -2.46. The van der Waals surface area contributed by atoms with E-state index in [1.807, 2.05) is 19.2 Å². The largest absolute Gasteiger partial charge is 0.465 e. The predicted octanol–water partition coefficient (Wildman–Crippen LogP) is 4.20. The highest BCUT2D eigenvalue weighted by molar-refractivity contribution is 5.66. The fourth-order valence-corrected chi connectivity index (χ4v) is 4.46. The fraction of sp³-hybridized carbons (Fsp3) is 0.619. The van der Waals surface area contributed by atoms with Gasteiger partial charge in [0.2, 0.25) is 5.95 Å². The number of anilines is 1. The molecule has 29 heavy (non-hydrogen) atoms. The number of imidazole rings is 1. The van der Waals surface area contributed by atoms with Crippen LogP contribution < -0.4 is 5.32 Å². The molecule has 2 atom stereocenters. The summed E-state index contributed by atoms with van der Waals surface area (Å²) in [7, 11) is 0. The Kier molecular flexibility index (Phi) is 5.82. The Morgan fingerprint density at radius 2 is 2.03 bits per heavy atom. The van der Waals surface area contributed by atoms with Crippen molar-refractivity contribution in [1.82, 2.24) is 24.4 Å². The molecule has 0 spiro atoms. The van der Waals surface area contributed by atoms with Crippen LogP contribution in [0.4, 0.5) is 10.7 Å².